The molecule has 2 aromatic carbocycles. The lowest BCUT2D eigenvalue weighted by atomic mass is 10.1. The maximum Gasteiger partial charge on any atom is 0.238 e. The average Bonchev–Trinajstić information content (AvgIpc) is 2.62. The zero-order chi connectivity index (χ0) is 19.4. The maximum atomic E-state index is 13.7. The molecule has 1 N–H and O–H groups in total. The standard InChI is InChI=1S/C19H18F3N3O2/c20-14-1-4-16(5-2-14)23-18(26)11-24-7-8-25(19(27)12-24)10-13-9-15(21)3-6-17(13)22/h1-6,9H,7-8,10-12H2,(H,23,26). The third kappa shape index (κ3) is 5.07. The third-order valence-corrected chi connectivity index (χ3v) is 4.26. The molecule has 1 heterocycles. The molecule has 0 spiro atoms. The van der Waals surface area contributed by atoms with E-state index in [1.54, 1.807) is 4.90 Å². The van der Waals surface area contributed by atoms with Crippen molar-refractivity contribution >= 4 is 17.5 Å². The van der Waals surface area contributed by atoms with Gasteiger partial charge in [-0.25, -0.2) is 13.2 Å². The van der Waals surface area contributed by atoms with E-state index in [9.17, 15) is 22.8 Å². The number of nitrogens with one attached hydrogen (secondary N) is 1. The van der Waals surface area contributed by atoms with Gasteiger partial charge < -0.3 is 10.2 Å². The highest BCUT2D eigenvalue weighted by Crippen LogP contribution is 2.15. The van der Waals surface area contributed by atoms with Crippen LogP contribution in [0.2, 0.25) is 0 Å². The Balaban J connectivity index is 1.52. The second-order valence-electron chi connectivity index (χ2n) is 6.32. The van der Waals surface area contributed by atoms with Crippen LogP contribution in [0.3, 0.4) is 0 Å². The molecule has 1 aliphatic rings. The number of hydrogen-bond acceptors (Lipinski definition) is 3. The van der Waals surface area contributed by atoms with Crippen LogP contribution in [0.4, 0.5) is 18.9 Å². The first-order valence-electron chi connectivity index (χ1n) is 8.40. The fourth-order valence-corrected chi connectivity index (χ4v) is 2.87. The monoisotopic (exact) mass is 377 g/mol. The fraction of sp³-hybridized carbons (Fsp3) is 0.263. The highest BCUT2D eigenvalue weighted by molar-refractivity contribution is 5.92. The van der Waals surface area contributed by atoms with Crippen LogP contribution in [0.5, 0.6) is 0 Å². The van der Waals surface area contributed by atoms with Gasteiger partial charge in [-0.3, -0.25) is 14.5 Å². The molecule has 0 aromatic heterocycles. The lowest BCUT2D eigenvalue weighted by molar-refractivity contribution is -0.137. The van der Waals surface area contributed by atoms with Crippen LogP contribution in [0.25, 0.3) is 0 Å². The van der Waals surface area contributed by atoms with E-state index in [1.165, 1.54) is 29.2 Å². The number of anilines is 1. The molecule has 142 valence electrons. The molecule has 0 unspecified atom stereocenters. The summed E-state index contributed by atoms with van der Waals surface area (Å²) in [6.07, 6.45) is 0. The number of nitrogens with zero attached hydrogens (tertiary/aromatic N) is 2. The van der Waals surface area contributed by atoms with Crippen molar-refractivity contribution in [2.45, 2.75) is 6.54 Å². The Bertz CT molecular complexity index is 843. The van der Waals surface area contributed by atoms with Gasteiger partial charge in [0.25, 0.3) is 0 Å². The van der Waals surface area contributed by atoms with Crippen molar-refractivity contribution in [1.82, 2.24) is 9.80 Å². The van der Waals surface area contributed by atoms with Crippen LogP contribution in [0.15, 0.2) is 42.5 Å². The topological polar surface area (TPSA) is 52.7 Å². The van der Waals surface area contributed by atoms with E-state index in [1.807, 2.05) is 0 Å². The molecule has 2 amide bonds. The van der Waals surface area contributed by atoms with Gasteiger partial charge in [0.05, 0.1) is 13.1 Å². The Kier molecular flexibility index (Phi) is 5.75. The molecule has 1 aliphatic heterocycles. The molecular weight excluding hydrogens is 359 g/mol. The zero-order valence-corrected chi connectivity index (χ0v) is 14.4. The highest BCUT2D eigenvalue weighted by atomic mass is 19.1. The summed E-state index contributed by atoms with van der Waals surface area (Å²) in [5.41, 5.74) is 0.582. The van der Waals surface area contributed by atoms with Crippen molar-refractivity contribution in [3.05, 3.63) is 65.5 Å². The molecule has 0 atom stereocenters. The van der Waals surface area contributed by atoms with Gasteiger partial charge in [-0.1, -0.05) is 0 Å². The van der Waals surface area contributed by atoms with Gasteiger partial charge in [-0.2, -0.15) is 0 Å². The molecular formula is C19H18F3N3O2. The molecule has 5 nitrogen and oxygen atoms in total. The quantitative estimate of drug-likeness (QED) is 0.871. The molecule has 3 rings (SSSR count). The highest BCUT2D eigenvalue weighted by Gasteiger charge is 2.26. The number of hydrogen-bond donors (Lipinski definition) is 1. The summed E-state index contributed by atoms with van der Waals surface area (Å²) >= 11 is 0. The molecule has 1 saturated heterocycles. The zero-order valence-electron chi connectivity index (χ0n) is 14.4. The minimum Gasteiger partial charge on any atom is -0.336 e. The predicted molar refractivity (Wildman–Crippen MR) is 93.2 cm³/mol. The van der Waals surface area contributed by atoms with E-state index in [0.29, 0.717) is 18.8 Å². The first-order valence-corrected chi connectivity index (χ1v) is 8.40. The Morgan fingerprint density at radius 1 is 1.00 bits per heavy atom. The van der Waals surface area contributed by atoms with Crippen LogP contribution >= 0.6 is 0 Å². The number of carbonyl (C=O) groups is 2. The minimum atomic E-state index is -0.565. The molecule has 8 heteroatoms. The first-order chi connectivity index (χ1) is 12.9. The molecule has 0 radical (unpaired) electrons. The lowest BCUT2D eigenvalue weighted by Crippen LogP contribution is -2.51. The molecule has 0 bridgehead atoms. The Labute approximate surface area is 154 Å². The Morgan fingerprint density at radius 2 is 1.70 bits per heavy atom. The van der Waals surface area contributed by atoms with Gasteiger partial charge in [0.15, 0.2) is 0 Å². The Hall–Kier alpha value is -2.87. The summed E-state index contributed by atoms with van der Waals surface area (Å²) in [6.45, 7) is 0.731. The van der Waals surface area contributed by atoms with E-state index in [0.717, 1.165) is 18.2 Å². The van der Waals surface area contributed by atoms with Crippen molar-refractivity contribution in [2.24, 2.45) is 0 Å². The largest absolute Gasteiger partial charge is 0.336 e. The van der Waals surface area contributed by atoms with Crippen LogP contribution in [0, 0.1) is 17.5 Å². The normalized spacial score (nSPS) is 15.1. The molecule has 2 aromatic rings. The average molecular weight is 377 g/mol. The number of amides is 2. The fourth-order valence-electron chi connectivity index (χ4n) is 2.87. The molecule has 0 aliphatic carbocycles. The number of benzene rings is 2. The van der Waals surface area contributed by atoms with Crippen LogP contribution in [-0.2, 0) is 16.1 Å². The van der Waals surface area contributed by atoms with E-state index >= 15 is 0 Å². The smallest absolute Gasteiger partial charge is 0.238 e. The summed E-state index contributed by atoms with van der Waals surface area (Å²) in [7, 11) is 0. The van der Waals surface area contributed by atoms with Gasteiger partial charge in [-0.15, -0.1) is 0 Å². The molecule has 0 saturated carbocycles. The van der Waals surface area contributed by atoms with E-state index in [2.05, 4.69) is 5.32 Å². The predicted octanol–water partition coefficient (Wildman–Crippen LogP) is 2.39. The number of halogens is 3. The van der Waals surface area contributed by atoms with Gasteiger partial charge in [-0.05, 0) is 42.5 Å². The molecule has 27 heavy (non-hydrogen) atoms. The Morgan fingerprint density at radius 3 is 2.41 bits per heavy atom. The second kappa shape index (κ2) is 8.22. The number of carbonyl (C=O) groups excluding carboxylic acids is 2. The SMILES string of the molecule is O=C(CN1CCN(Cc2cc(F)ccc2F)C(=O)C1)Nc1ccc(F)cc1. The first kappa shape index (κ1) is 18.9. The third-order valence-electron chi connectivity index (χ3n) is 4.26. The summed E-state index contributed by atoms with van der Waals surface area (Å²) in [6, 6.07) is 8.51. The van der Waals surface area contributed by atoms with Gasteiger partial charge in [0, 0.05) is 30.9 Å². The van der Waals surface area contributed by atoms with Crippen LogP contribution < -0.4 is 5.32 Å². The van der Waals surface area contributed by atoms with E-state index in [4.69, 9.17) is 0 Å². The lowest BCUT2D eigenvalue weighted by Gasteiger charge is -2.34. The number of piperazine rings is 1. The summed E-state index contributed by atoms with van der Waals surface area (Å²) < 4.78 is 39.9. The van der Waals surface area contributed by atoms with Crippen molar-refractivity contribution in [2.75, 3.05) is 31.5 Å². The number of rotatable bonds is 5. The van der Waals surface area contributed by atoms with Crippen molar-refractivity contribution in [1.29, 1.82) is 0 Å². The van der Waals surface area contributed by atoms with Crippen molar-refractivity contribution in [3.63, 3.8) is 0 Å². The van der Waals surface area contributed by atoms with Crippen LogP contribution in [-0.4, -0.2) is 47.8 Å². The van der Waals surface area contributed by atoms with Crippen molar-refractivity contribution < 1.29 is 22.8 Å². The van der Waals surface area contributed by atoms with Gasteiger partial charge in [0.1, 0.15) is 17.5 Å². The van der Waals surface area contributed by atoms with Crippen molar-refractivity contribution in [3.8, 4) is 0 Å². The molecule has 1 fully saturated rings. The van der Waals surface area contributed by atoms with Gasteiger partial charge in [0.2, 0.25) is 11.8 Å². The second-order valence-corrected chi connectivity index (χ2v) is 6.32. The van der Waals surface area contributed by atoms with E-state index < -0.39 is 17.5 Å². The minimum absolute atomic E-state index is 0.00524. The van der Waals surface area contributed by atoms with E-state index in [-0.39, 0.29) is 37.0 Å². The summed E-state index contributed by atoms with van der Waals surface area (Å²) in [5.74, 6) is -2.11. The van der Waals surface area contributed by atoms with Gasteiger partial charge >= 0.3 is 0 Å². The van der Waals surface area contributed by atoms with Crippen LogP contribution in [0.1, 0.15) is 5.56 Å². The maximum absolute atomic E-state index is 13.7. The summed E-state index contributed by atoms with van der Waals surface area (Å²) in [5, 5.41) is 2.63. The summed E-state index contributed by atoms with van der Waals surface area (Å²) in [4.78, 5) is 27.4.